The summed E-state index contributed by atoms with van der Waals surface area (Å²) in [5.74, 6) is 0. The van der Waals surface area contributed by atoms with Crippen LogP contribution in [0.5, 0.6) is 0 Å². The van der Waals surface area contributed by atoms with Gasteiger partial charge < -0.3 is 14.9 Å². The fourth-order valence-corrected chi connectivity index (χ4v) is 2.61. The molecular weight excluding hydrogens is 182 g/mol. The quantitative estimate of drug-likeness (QED) is 0.595. The van der Waals surface area contributed by atoms with E-state index in [9.17, 15) is 9.59 Å². The van der Waals surface area contributed by atoms with Crippen LogP contribution in [-0.2, 0) is 0 Å². The molecule has 0 unspecified atom stereocenters. The number of rotatable bonds is 4. The molecule has 3 nitrogen and oxygen atoms in total. The summed E-state index contributed by atoms with van der Waals surface area (Å²) in [6.07, 6.45) is 6.76. The van der Waals surface area contributed by atoms with E-state index in [0.717, 1.165) is 0 Å². The molecule has 0 spiro atoms. The minimum absolute atomic E-state index is 0.439. The topological polar surface area (TPSA) is 52.5 Å². The SMILES string of the molecule is CC[Si](O)(O)CNC1CCCCC1. The van der Waals surface area contributed by atoms with E-state index in [-0.39, 0.29) is 0 Å². The number of hydrogen-bond acceptors (Lipinski definition) is 3. The van der Waals surface area contributed by atoms with Crippen LogP contribution in [0, 0.1) is 0 Å². The fourth-order valence-electron chi connectivity index (χ4n) is 1.74. The molecular formula is C9H21NO2Si. The van der Waals surface area contributed by atoms with Crippen molar-refractivity contribution in [1.29, 1.82) is 0 Å². The third kappa shape index (κ3) is 4.22. The molecule has 1 rings (SSSR count). The van der Waals surface area contributed by atoms with Gasteiger partial charge in [-0.05, 0) is 18.9 Å². The lowest BCUT2D eigenvalue weighted by Gasteiger charge is -2.25. The van der Waals surface area contributed by atoms with E-state index in [1.54, 1.807) is 0 Å². The van der Waals surface area contributed by atoms with Gasteiger partial charge in [0.1, 0.15) is 0 Å². The van der Waals surface area contributed by atoms with Gasteiger partial charge in [-0.25, -0.2) is 0 Å². The average Bonchev–Trinajstić information content (AvgIpc) is 2.17. The smallest absolute Gasteiger partial charge is 0.346 e. The second-order valence-corrected chi connectivity index (χ2v) is 7.08. The molecule has 1 fully saturated rings. The van der Waals surface area contributed by atoms with Crippen molar-refractivity contribution in [2.75, 3.05) is 6.17 Å². The maximum absolute atomic E-state index is 9.49. The molecule has 0 amide bonds. The molecule has 0 saturated heterocycles. The summed E-state index contributed by atoms with van der Waals surface area (Å²) in [7, 11) is -2.87. The van der Waals surface area contributed by atoms with Crippen molar-refractivity contribution in [1.82, 2.24) is 5.32 Å². The maximum Gasteiger partial charge on any atom is 0.346 e. The lowest BCUT2D eigenvalue weighted by atomic mass is 9.96. The molecule has 0 heterocycles. The molecule has 0 aromatic carbocycles. The monoisotopic (exact) mass is 203 g/mol. The van der Waals surface area contributed by atoms with E-state index in [0.29, 0.717) is 18.3 Å². The summed E-state index contributed by atoms with van der Waals surface area (Å²) in [6.45, 7) is 1.84. The van der Waals surface area contributed by atoms with Crippen molar-refractivity contribution in [2.24, 2.45) is 0 Å². The van der Waals surface area contributed by atoms with Crippen LogP contribution < -0.4 is 5.32 Å². The van der Waals surface area contributed by atoms with Gasteiger partial charge in [0.2, 0.25) is 0 Å². The molecule has 0 aliphatic heterocycles. The Labute approximate surface area is 81.4 Å². The molecule has 3 N–H and O–H groups in total. The van der Waals surface area contributed by atoms with Gasteiger partial charge in [-0.3, -0.25) is 0 Å². The zero-order valence-corrected chi connectivity index (χ0v) is 9.42. The Morgan fingerprint density at radius 2 is 1.85 bits per heavy atom. The highest BCUT2D eigenvalue weighted by Crippen LogP contribution is 2.17. The molecule has 1 aliphatic carbocycles. The fraction of sp³-hybridized carbons (Fsp3) is 1.00. The molecule has 13 heavy (non-hydrogen) atoms. The number of hydrogen-bond donors (Lipinski definition) is 3. The van der Waals surface area contributed by atoms with Crippen molar-refractivity contribution in [2.45, 2.75) is 51.1 Å². The van der Waals surface area contributed by atoms with Gasteiger partial charge in [0.15, 0.2) is 0 Å². The van der Waals surface area contributed by atoms with Gasteiger partial charge in [-0.15, -0.1) is 0 Å². The van der Waals surface area contributed by atoms with Gasteiger partial charge >= 0.3 is 8.56 Å². The van der Waals surface area contributed by atoms with Crippen molar-refractivity contribution >= 4 is 8.56 Å². The highest BCUT2D eigenvalue weighted by atomic mass is 28.4. The van der Waals surface area contributed by atoms with Crippen LogP contribution in [-0.4, -0.2) is 30.4 Å². The predicted octanol–water partition coefficient (Wildman–Crippen LogP) is 0.895. The summed E-state index contributed by atoms with van der Waals surface area (Å²) < 4.78 is 0. The second kappa shape index (κ2) is 5.10. The van der Waals surface area contributed by atoms with Gasteiger partial charge in [-0.2, -0.15) is 0 Å². The lowest BCUT2D eigenvalue weighted by Crippen LogP contribution is -2.49. The molecule has 0 aromatic rings. The van der Waals surface area contributed by atoms with E-state index in [1.165, 1.54) is 32.1 Å². The van der Waals surface area contributed by atoms with Crippen LogP contribution in [0.4, 0.5) is 0 Å². The first-order chi connectivity index (χ1) is 6.14. The van der Waals surface area contributed by atoms with Crippen molar-refractivity contribution in [3.8, 4) is 0 Å². The normalized spacial score (nSPS) is 20.5. The summed E-state index contributed by atoms with van der Waals surface area (Å²) in [6, 6.07) is 1.05. The Morgan fingerprint density at radius 1 is 1.23 bits per heavy atom. The summed E-state index contributed by atoms with van der Waals surface area (Å²) in [5, 5.41) is 3.27. The molecule has 4 heteroatoms. The van der Waals surface area contributed by atoms with E-state index < -0.39 is 8.56 Å². The highest BCUT2D eigenvalue weighted by molar-refractivity contribution is 6.64. The van der Waals surface area contributed by atoms with Crippen LogP contribution in [0.15, 0.2) is 0 Å². The molecule has 1 aliphatic rings. The van der Waals surface area contributed by atoms with Gasteiger partial charge in [0.25, 0.3) is 0 Å². The molecule has 78 valence electrons. The molecule has 0 bridgehead atoms. The summed E-state index contributed by atoms with van der Waals surface area (Å²) in [5.41, 5.74) is 0. The highest BCUT2D eigenvalue weighted by Gasteiger charge is 2.27. The molecule has 1 saturated carbocycles. The Bertz CT molecular complexity index is 147. The molecule has 0 aromatic heterocycles. The first kappa shape index (κ1) is 11.2. The molecule has 0 radical (unpaired) electrons. The van der Waals surface area contributed by atoms with Crippen molar-refractivity contribution in [3.05, 3.63) is 0 Å². The number of nitrogens with one attached hydrogen (secondary N) is 1. The van der Waals surface area contributed by atoms with Crippen LogP contribution in [0.25, 0.3) is 0 Å². The minimum atomic E-state index is -2.87. The third-order valence-corrected chi connectivity index (χ3v) is 4.75. The van der Waals surface area contributed by atoms with E-state index in [1.807, 2.05) is 6.92 Å². The van der Waals surface area contributed by atoms with Gasteiger partial charge in [-0.1, -0.05) is 26.2 Å². The van der Waals surface area contributed by atoms with Crippen LogP contribution in [0.2, 0.25) is 6.04 Å². The van der Waals surface area contributed by atoms with Gasteiger partial charge in [0, 0.05) is 12.2 Å². The Kier molecular flexibility index (Phi) is 4.38. The largest absolute Gasteiger partial charge is 0.410 e. The first-order valence-corrected chi connectivity index (χ1v) is 7.63. The van der Waals surface area contributed by atoms with Crippen molar-refractivity contribution in [3.63, 3.8) is 0 Å². The Morgan fingerprint density at radius 3 is 2.38 bits per heavy atom. The predicted molar refractivity (Wildman–Crippen MR) is 55.5 cm³/mol. The van der Waals surface area contributed by atoms with E-state index in [2.05, 4.69) is 5.32 Å². The lowest BCUT2D eigenvalue weighted by molar-refractivity contribution is 0.330. The van der Waals surface area contributed by atoms with E-state index in [4.69, 9.17) is 0 Å². The van der Waals surface area contributed by atoms with E-state index >= 15 is 0 Å². The van der Waals surface area contributed by atoms with Crippen molar-refractivity contribution < 1.29 is 9.59 Å². The summed E-state index contributed by atoms with van der Waals surface area (Å²) >= 11 is 0. The zero-order valence-electron chi connectivity index (χ0n) is 8.42. The van der Waals surface area contributed by atoms with Crippen LogP contribution in [0.3, 0.4) is 0 Å². The summed E-state index contributed by atoms with van der Waals surface area (Å²) in [4.78, 5) is 19.0. The average molecular weight is 203 g/mol. The minimum Gasteiger partial charge on any atom is -0.410 e. The maximum atomic E-state index is 9.49. The zero-order chi connectivity index (χ0) is 9.73. The second-order valence-electron chi connectivity index (χ2n) is 4.05. The van der Waals surface area contributed by atoms with Crippen LogP contribution in [0.1, 0.15) is 39.0 Å². The van der Waals surface area contributed by atoms with Crippen LogP contribution >= 0.6 is 0 Å². The van der Waals surface area contributed by atoms with Gasteiger partial charge in [0.05, 0.1) is 0 Å². The standard InChI is InChI=1S/C9H21NO2Si/c1-2-13(11,12)8-10-9-6-4-3-5-7-9/h9-12H,2-8H2,1H3. The first-order valence-electron chi connectivity index (χ1n) is 5.32. The third-order valence-electron chi connectivity index (χ3n) is 2.85. The Hall–Kier alpha value is 0.0969. The molecule has 0 atom stereocenters. The Balaban J connectivity index is 2.17.